The fourth-order valence-electron chi connectivity index (χ4n) is 2.87. The molecular weight excluding hydrogens is 359 g/mol. The largest absolute Gasteiger partial charge is 0.374 e. The Bertz CT molecular complexity index is 725. The number of nitrogens with zero attached hydrogens (tertiary/aromatic N) is 1. The Balaban J connectivity index is 1.52. The topological polar surface area (TPSA) is 41.6 Å². The highest BCUT2D eigenvalue weighted by molar-refractivity contribution is 6.43. The van der Waals surface area contributed by atoms with Gasteiger partial charge < -0.3 is 10.1 Å². The molecule has 2 aromatic rings. The van der Waals surface area contributed by atoms with Gasteiger partial charge >= 0.3 is 0 Å². The van der Waals surface area contributed by atoms with Gasteiger partial charge in [-0.05, 0) is 17.7 Å². The Morgan fingerprint density at radius 2 is 1.96 bits per heavy atom. The molecule has 1 heterocycles. The number of halogens is 2. The van der Waals surface area contributed by atoms with Gasteiger partial charge in [0.05, 0.1) is 28.3 Å². The first-order chi connectivity index (χ1) is 12.1. The number of hydrogen-bond donors (Lipinski definition) is 1. The average Bonchev–Trinajstić information content (AvgIpc) is 2.63. The van der Waals surface area contributed by atoms with Gasteiger partial charge in [0.15, 0.2) is 0 Å². The summed E-state index contributed by atoms with van der Waals surface area (Å²) in [5, 5.41) is 3.53. The lowest BCUT2D eigenvalue weighted by molar-refractivity contribution is -0.0292. The van der Waals surface area contributed by atoms with E-state index < -0.39 is 0 Å². The van der Waals surface area contributed by atoms with Crippen LogP contribution in [-0.2, 0) is 11.3 Å². The van der Waals surface area contributed by atoms with Crippen LogP contribution in [0.3, 0.4) is 0 Å². The first-order valence-electron chi connectivity index (χ1n) is 8.23. The second-order valence-corrected chi connectivity index (χ2v) is 6.81. The van der Waals surface area contributed by atoms with E-state index in [1.165, 1.54) is 5.56 Å². The number of ether oxygens (including phenoxy) is 1. The highest BCUT2D eigenvalue weighted by Crippen LogP contribution is 2.25. The molecule has 0 radical (unpaired) electrons. The number of benzene rings is 2. The molecule has 1 aliphatic heterocycles. The Morgan fingerprint density at radius 3 is 2.76 bits per heavy atom. The molecule has 2 aromatic carbocycles. The first kappa shape index (κ1) is 18.2. The van der Waals surface area contributed by atoms with Gasteiger partial charge in [-0.25, -0.2) is 0 Å². The van der Waals surface area contributed by atoms with E-state index >= 15 is 0 Å². The summed E-state index contributed by atoms with van der Waals surface area (Å²) in [6, 6.07) is 15.4. The summed E-state index contributed by atoms with van der Waals surface area (Å²) in [5.41, 5.74) is 1.66. The van der Waals surface area contributed by atoms with Gasteiger partial charge in [0, 0.05) is 26.2 Å². The summed E-state index contributed by atoms with van der Waals surface area (Å²) in [4.78, 5) is 14.6. The normalized spacial score (nSPS) is 18.1. The summed E-state index contributed by atoms with van der Waals surface area (Å²) in [6.45, 7) is 3.64. The second-order valence-electron chi connectivity index (χ2n) is 6.02. The van der Waals surface area contributed by atoms with Crippen LogP contribution in [0.1, 0.15) is 15.9 Å². The van der Waals surface area contributed by atoms with Crippen molar-refractivity contribution in [1.29, 1.82) is 0 Å². The van der Waals surface area contributed by atoms with E-state index in [9.17, 15) is 4.79 Å². The summed E-state index contributed by atoms with van der Waals surface area (Å²) in [5.74, 6) is -0.240. The molecule has 3 rings (SSSR count). The van der Waals surface area contributed by atoms with Crippen LogP contribution >= 0.6 is 23.2 Å². The van der Waals surface area contributed by atoms with Gasteiger partial charge in [-0.15, -0.1) is 0 Å². The Kier molecular flexibility index (Phi) is 6.32. The van der Waals surface area contributed by atoms with Gasteiger partial charge in [0.1, 0.15) is 0 Å². The zero-order chi connectivity index (χ0) is 17.6. The SMILES string of the molecule is O=C(NCC1CN(Cc2ccccc2)CCO1)c1cccc(Cl)c1Cl. The molecule has 0 aromatic heterocycles. The molecule has 25 heavy (non-hydrogen) atoms. The van der Waals surface area contributed by atoms with E-state index in [-0.39, 0.29) is 17.0 Å². The number of nitrogens with one attached hydrogen (secondary N) is 1. The molecule has 4 nitrogen and oxygen atoms in total. The minimum Gasteiger partial charge on any atom is -0.374 e. The third kappa shape index (κ3) is 4.95. The van der Waals surface area contributed by atoms with Crippen LogP contribution in [0.15, 0.2) is 48.5 Å². The van der Waals surface area contributed by atoms with Gasteiger partial charge in [-0.3, -0.25) is 9.69 Å². The predicted octanol–water partition coefficient (Wildman–Crippen LogP) is 3.62. The molecule has 0 bridgehead atoms. The number of morpholine rings is 1. The summed E-state index contributed by atoms with van der Waals surface area (Å²) in [6.07, 6.45) is -0.0422. The quantitative estimate of drug-likeness (QED) is 0.863. The molecule has 132 valence electrons. The minimum absolute atomic E-state index is 0.0422. The van der Waals surface area contributed by atoms with Crippen LogP contribution < -0.4 is 5.32 Å². The van der Waals surface area contributed by atoms with Crippen LogP contribution in [0.5, 0.6) is 0 Å². The molecule has 1 atom stereocenters. The van der Waals surface area contributed by atoms with E-state index in [0.29, 0.717) is 23.7 Å². The maximum absolute atomic E-state index is 12.3. The molecule has 1 unspecified atom stereocenters. The molecule has 1 saturated heterocycles. The predicted molar refractivity (Wildman–Crippen MR) is 100 cm³/mol. The molecule has 6 heteroatoms. The van der Waals surface area contributed by atoms with Crippen molar-refractivity contribution in [2.24, 2.45) is 0 Å². The summed E-state index contributed by atoms with van der Waals surface area (Å²) < 4.78 is 5.77. The molecule has 0 saturated carbocycles. The number of amides is 1. The third-order valence-electron chi connectivity index (χ3n) is 4.16. The van der Waals surface area contributed by atoms with Gasteiger partial charge in [0.2, 0.25) is 0 Å². The number of hydrogen-bond acceptors (Lipinski definition) is 3. The lowest BCUT2D eigenvalue weighted by Crippen LogP contribution is -2.47. The fraction of sp³-hybridized carbons (Fsp3) is 0.316. The summed E-state index contributed by atoms with van der Waals surface area (Å²) in [7, 11) is 0. The summed E-state index contributed by atoms with van der Waals surface area (Å²) >= 11 is 12.1. The number of carbonyl (C=O) groups excluding carboxylic acids is 1. The van der Waals surface area contributed by atoms with Crippen molar-refractivity contribution in [3.8, 4) is 0 Å². The molecule has 0 aliphatic carbocycles. The van der Waals surface area contributed by atoms with E-state index in [0.717, 1.165) is 19.6 Å². The van der Waals surface area contributed by atoms with E-state index in [1.807, 2.05) is 18.2 Å². The minimum atomic E-state index is -0.240. The van der Waals surface area contributed by atoms with Crippen molar-refractivity contribution in [2.75, 3.05) is 26.2 Å². The van der Waals surface area contributed by atoms with Gasteiger partial charge in [-0.1, -0.05) is 59.6 Å². The zero-order valence-electron chi connectivity index (χ0n) is 13.8. The van der Waals surface area contributed by atoms with Crippen LogP contribution in [0.2, 0.25) is 10.0 Å². The van der Waals surface area contributed by atoms with Crippen molar-refractivity contribution in [1.82, 2.24) is 10.2 Å². The monoisotopic (exact) mass is 378 g/mol. The standard InChI is InChI=1S/C19H20Cl2N2O2/c20-17-8-4-7-16(18(17)21)19(24)22-11-15-13-23(9-10-25-15)12-14-5-2-1-3-6-14/h1-8,15H,9-13H2,(H,22,24). The van der Waals surface area contributed by atoms with Crippen molar-refractivity contribution in [2.45, 2.75) is 12.6 Å². The van der Waals surface area contributed by atoms with Crippen LogP contribution in [0, 0.1) is 0 Å². The van der Waals surface area contributed by atoms with Crippen LogP contribution in [0.25, 0.3) is 0 Å². The molecular formula is C19H20Cl2N2O2. The van der Waals surface area contributed by atoms with Crippen LogP contribution in [0.4, 0.5) is 0 Å². The lowest BCUT2D eigenvalue weighted by Gasteiger charge is -2.33. The van der Waals surface area contributed by atoms with Crippen molar-refractivity contribution >= 4 is 29.1 Å². The maximum Gasteiger partial charge on any atom is 0.252 e. The maximum atomic E-state index is 12.3. The van der Waals surface area contributed by atoms with E-state index in [1.54, 1.807) is 18.2 Å². The van der Waals surface area contributed by atoms with Crippen molar-refractivity contribution in [3.63, 3.8) is 0 Å². The third-order valence-corrected chi connectivity index (χ3v) is 4.98. The van der Waals surface area contributed by atoms with E-state index in [4.69, 9.17) is 27.9 Å². The molecule has 1 aliphatic rings. The Labute approximate surface area is 157 Å². The smallest absolute Gasteiger partial charge is 0.252 e. The Morgan fingerprint density at radius 1 is 1.16 bits per heavy atom. The highest BCUT2D eigenvalue weighted by Gasteiger charge is 2.22. The zero-order valence-corrected chi connectivity index (χ0v) is 15.3. The molecule has 1 N–H and O–H groups in total. The molecule has 1 amide bonds. The Hall–Kier alpha value is -1.59. The van der Waals surface area contributed by atoms with Crippen LogP contribution in [-0.4, -0.2) is 43.2 Å². The lowest BCUT2D eigenvalue weighted by atomic mass is 10.1. The number of carbonyl (C=O) groups is 1. The van der Waals surface area contributed by atoms with Gasteiger partial charge in [0.25, 0.3) is 5.91 Å². The van der Waals surface area contributed by atoms with Crippen molar-refractivity contribution < 1.29 is 9.53 Å². The molecule has 1 fully saturated rings. The average molecular weight is 379 g/mol. The van der Waals surface area contributed by atoms with Gasteiger partial charge in [-0.2, -0.15) is 0 Å². The highest BCUT2D eigenvalue weighted by atomic mass is 35.5. The number of rotatable bonds is 5. The molecule has 0 spiro atoms. The van der Waals surface area contributed by atoms with E-state index in [2.05, 4.69) is 22.3 Å². The second kappa shape index (κ2) is 8.68. The van der Waals surface area contributed by atoms with Crippen molar-refractivity contribution in [3.05, 3.63) is 69.7 Å². The first-order valence-corrected chi connectivity index (χ1v) is 8.99. The fourth-order valence-corrected chi connectivity index (χ4v) is 3.26.